The summed E-state index contributed by atoms with van der Waals surface area (Å²) >= 11 is 1.83. The van der Waals surface area contributed by atoms with Crippen molar-refractivity contribution >= 4 is 23.4 Å². The summed E-state index contributed by atoms with van der Waals surface area (Å²) in [6, 6.07) is 24.4. The first-order valence-electron chi connectivity index (χ1n) is 8.91. The van der Waals surface area contributed by atoms with E-state index in [0.29, 0.717) is 29.4 Å². The van der Waals surface area contributed by atoms with Crippen molar-refractivity contribution in [3.8, 4) is 11.3 Å². The number of thioether (sulfide) groups is 1. The van der Waals surface area contributed by atoms with Crippen LogP contribution in [0, 0.1) is 0 Å². The lowest BCUT2D eigenvalue weighted by Crippen LogP contribution is -1.97. The predicted octanol–water partition coefficient (Wildman–Crippen LogP) is 4.78. The largest absolute Gasteiger partial charge is 0.384 e. The molecule has 2 aromatic heterocycles. The number of nitrogen functional groups attached to an aromatic ring is 2. The second-order valence-corrected chi connectivity index (χ2v) is 7.50. The first kappa shape index (κ1) is 18.1. The van der Waals surface area contributed by atoms with Gasteiger partial charge in [0.2, 0.25) is 0 Å². The molecule has 0 atom stereocenters. The second kappa shape index (κ2) is 8.19. The number of pyridine rings is 1. The maximum absolute atomic E-state index is 5.92. The van der Waals surface area contributed by atoms with Gasteiger partial charge in [-0.2, -0.15) is 0 Å². The van der Waals surface area contributed by atoms with Gasteiger partial charge < -0.3 is 16.0 Å². The van der Waals surface area contributed by atoms with Gasteiger partial charge >= 0.3 is 0 Å². The average Bonchev–Trinajstić information content (AvgIpc) is 3.16. The summed E-state index contributed by atoms with van der Waals surface area (Å²) < 4.78 is 5.44. The molecule has 0 saturated carbocycles. The molecule has 6 heteroatoms. The summed E-state index contributed by atoms with van der Waals surface area (Å²) in [6.07, 6.45) is 0.690. The number of rotatable bonds is 6. The van der Waals surface area contributed by atoms with Gasteiger partial charge in [-0.25, -0.2) is 4.98 Å². The number of nitrogens with zero attached hydrogens (tertiary/aromatic N) is 2. The summed E-state index contributed by atoms with van der Waals surface area (Å²) in [5.74, 6) is 2.27. The van der Waals surface area contributed by atoms with Crippen LogP contribution in [0.25, 0.3) is 11.3 Å². The van der Waals surface area contributed by atoms with Crippen LogP contribution in [0.3, 0.4) is 0 Å². The van der Waals surface area contributed by atoms with Crippen molar-refractivity contribution in [2.75, 3.05) is 11.5 Å². The number of nitrogens with two attached hydrogens (primary N) is 2. The predicted molar refractivity (Wildman–Crippen MR) is 114 cm³/mol. The minimum atomic E-state index is 0.336. The van der Waals surface area contributed by atoms with Crippen LogP contribution in [0.1, 0.15) is 16.8 Å². The Hall–Kier alpha value is -3.25. The minimum Gasteiger partial charge on any atom is -0.384 e. The van der Waals surface area contributed by atoms with Crippen molar-refractivity contribution in [2.45, 2.75) is 17.1 Å². The first-order valence-corrected chi connectivity index (χ1v) is 9.89. The smallest absolute Gasteiger partial charge is 0.170 e. The number of hydrogen-bond acceptors (Lipinski definition) is 6. The maximum atomic E-state index is 5.92. The van der Waals surface area contributed by atoms with E-state index in [2.05, 4.69) is 58.7 Å². The van der Waals surface area contributed by atoms with E-state index in [1.165, 1.54) is 16.0 Å². The summed E-state index contributed by atoms with van der Waals surface area (Å²) in [6.45, 7) is 0. The summed E-state index contributed by atoms with van der Waals surface area (Å²) in [4.78, 5) is 5.30. The van der Waals surface area contributed by atoms with Gasteiger partial charge in [0.25, 0.3) is 0 Å². The monoisotopic (exact) mass is 388 g/mol. The van der Waals surface area contributed by atoms with Crippen molar-refractivity contribution in [3.05, 3.63) is 89.6 Å². The highest BCUT2D eigenvalue weighted by Gasteiger charge is 2.11. The minimum absolute atomic E-state index is 0.336. The SMILES string of the molecule is Nc1ccc(-c2cc(Cc3ccc(SCc4ccccc4)cc3)no2)c(N)n1. The van der Waals surface area contributed by atoms with Crippen molar-refractivity contribution < 1.29 is 4.52 Å². The number of anilines is 2. The van der Waals surface area contributed by atoms with E-state index in [0.717, 1.165) is 11.4 Å². The summed E-state index contributed by atoms with van der Waals surface area (Å²) in [5, 5.41) is 4.16. The van der Waals surface area contributed by atoms with E-state index < -0.39 is 0 Å². The van der Waals surface area contributed by atoms with Gasteiger partial charge in [-0.05, 0) is 35.4 Å². The molecular weight excluding hydrogens is 368 g/mol. The molecule has 0 spiro atoms. The van der Waals surface area contributed by atoms with Crippen molar-refractivity contribution in [3.63, 3.8) is 0 Å². The van der Waals surface area contributed by atoms with Gasteiger partial charge in [0.05, 0.1) is 11.3 Å². The number of hydrogen-bond donors (Lipinski definition) is 2. The quantitative estimate of drug-likeness (QED) is 0.462. The van der Waals surface area contributed by atoms with Gasteiger partial charge in [-0.3, -0.25) is 0 Å². The highest BCUT2D eigenvalue weighted by Crippen LogP contribution is 2.27. The van der Waals surface area contributed by atoms with Crippen LogP contribution >= 0.6 is 11.8 Å². The number of aromatic nitrogens is 2. The molecule has 0 saturated heterocycles. The molecule has 0 fully saturated rings. The fraction of sp³-hybridized carbons (Fsp3) is 0.0909. The molecule has 0 aliphatic heterocycles. The van der Waals surface area contributed by atoms with Crippen LogP contribution in [-0.2, 0) is 12.2 Å². The molecule has 2 heterocycles. The van der Waals surface area contributed by atoms with E-state index >= 15 is 0 Å². The Morgan fingerprint density at radius 2 is 1.64 bits per heavy atom. The molecular formula is C22H20N4OS. The van der Waals surface area contributed by atoms with Gasteiger partial charge in [-0.1, -0.05) is 47.6 Å². The average molecular weight is 388 g/mol. The van der Waals surface area contributed by atoms with Crippen LogP contribution < -0.4 is 11.5 Å². The van der Waals surface area contributed by atoms with Gasteiger partial charge in [0.15, 0.2) is 5.76 Å². The molecule has 4 aromatic rings. The normalized spacial score (nSPS) is 10.9. The lowest BCUT2D eigenvalue weighted by molar-refractivity contribution is 0.425. The Kier molecular flexibility index (Phi) is 5.30. The zero-order chi connectivity index (χ0) is 19.3. The molecule has 4 N–H and O–H groups in total. The van der Waals surface area contributed by atoms with E-state index in [-0.39, 0.29) is 0 Å². The van der Waals surface area contributed by atoms with Gasteiger partial charge in [0.1, 0.15) is 11.6 Å². The fourth-order valence-corrected chi connectivity index (χ4v) is 3.73. The van der Waals surface area contributed by atoms with Crippen molar-refractivity contribution in [1.82, 2.24) is 10.1 Å². The zero-order valence-corrected chi connectivity index (χ0v) is 16.0. The molecule has 28 heavy (non-hydrogen) atoms. The van der Waals surface area contributed by atoms with Crippen LogP contribution in [0.4, 0.5) is 11.6 Å². The highest BCUT2D eigenvalue weighted by atomic mass is 32.2. The molecule has 0 bridgehead atoms. The molecule has 4 rings (SSSR count). The third-order valence-corrected chi connectivity index (χ3v) is 5.41. The first-order chi connectivity index (χ1) is 13.7. The Morgan fingerprint density at radius 1 is 0.857 bits per heavy atom. The Labute approximate surface area is 167 Å². The van der Waals surface area contributed by atoms with Crippen LogP contribution in [0.15, 0.2) is 82.2 Å². The zero-order valence-electron chi connectivity index (χ0n) is 15.2. The molecule has 0 aliphatic carbocycles. The van der Waals surface area contributed by atoms with Gasteiger partial charge in [0, 0.05) is 23.1 Å². The third kappa shape index (κ3) is 4.35. The van der Waals surface area contributed by atoms with E-state index in [1.807, 2.05) is 23.9 Å². The maximum Gasteiger partial charge on any atom is 0.170 e. The third-order valence-electron chi connectivity index (χ3n) is 4.33. The molecule has 0 unspecified atom stereocenters. The van der Waals surface area contributed by atoms with E-state index in [4.69, 9.17) is 16.0 Å². The fourth-order valence-electron chi connectivity index (χ4n) is 2.87. The lowest BCUT2D eigenvalue weighted by Gasteiger charge is -2.03. The molecule has 0 amide bonds. The Bertz CT molecular complexity index is 1060. The van der Waals surface area contributed by atoms with Crippen molar-refractivity contribution in [2.24, 2.45) is 0 Å². The number of benzene rings is 2. The van der Waals surface area contributed by atoms with E-state index in [9.17, 15) is 0 Å². The van der Waals surface area contributed by atoms with Crippen LogP contribution in [0.5, 0.6) is 0 Å². The molecule has 140 valence electrons. The highest BCUT2D eigenvalue weighted by molar-refractivity contribution is 7.98. The van der Waals surface area contributed by atoms with Crippen molar-refractivity contribution in [1.29, 1.82) is 0 Å². The summed E-state index contributed by atoms with van der Waals surface area (Å²) in [5.41, 5.74) is 15.6. The second-order valence-electron chi connectivity index (χ2n) is 6.45. The molecule has 0 aliphatic rings. The Morgan fingerprint density at radius 3 is 2.39 bits per heavy atom. The molecule has 0 radical (unpaired) electrons. The van der Waals surface area contributed by atoms with Crippen LogP contribution in [0.2, 0.25) is 0 Å². The standard InChI is InChI=1S/C22H20N4OS/c23-21-11-10-19(22(24)25-21)20-13-17(26-27-20)12-15-6-8-18(9-7-15)28-14-16-4-2-1-3-5-16/h1-11,13H,12,14H2,(H4,23,24,25). The summed E-state index contributed by atoms with van der Waals surface area (Å²) in [7, 11) is 0. The van der Waals surface area contributed by atoms with Crippen LogP contribution in [-0.4, -0.2) is 10.1 Å². The molecule has 2 aromatic carbocycles. The lowest BCUT2D eigenvalue weighted by atomic mass is 10.1. The Balaban J connectivity index is 1.40. The molecule has 5 nitrogen and oxygen atoms in total. The topological polar surface area (TPSA) is 91.0 Å². The van der Waals surface area contributed by atoms with Gasteiger partial charge in [-0.15, -0.1) is 11.8 Å². The van der Waals surface area contributed by atoms with E-state index in [1.54, 1.807) is 12.1 Å².